The summed E-state index contributed by atoms with van der Waals surface area (Å²) >= 11 is 0. The number of benzene rings is 1. The fraction of sp³-hybridized carbons (Fsp3) is 0.0455. The van der Waals surface area contributed by atoms with Gasteiger partial charge in [-0.1, -0.05) is 24.6 Å². The van der Waals surface area contributed by atoms with E-state index >= 15 is 0 Å². The second-order valence-electron chi connectivity index (χ2n) is 5.36. The summed E-state index contributed by atoms with van der Waals surface area (Å²) in [5, 5.41) is 0. The van der Waals surface area contributed by atoms with Crippen LogP contribution < -0.4 is 14.2 Å². The number of ether oxygens (including phenoxy) is 3. The van der Waals surface area contributed by atoms with E-state index in [4.69, 9.17) is 20.6 Å². The van der Waals surface area contributed by atoms with Gasteiger partial charge in [-0.3, -0.25) is 0 Å². The minimum Gasteiger partial charge on any atom is -0.439 e. The Morgan fingerprint density at radius 3 is 1.96 bits per heavy atom. The first-order valence-corrected chi connectivity index (χ1v) is 8.43. The van der Waals surface area contributed by atoms with E-state index < -0.39 is 0 Å². The van der Waals surface area contributed by atoms with E-state index in [1.165, 1.54) is 0 Å². The van der Waals surface area contributed by atoms with E-state index in [0.29, 0.717) is 29.0 Å². The van der Waals surface area contributed by atoms with Crippen molar-refractivity contribution in [2.45, 2.75) is 6.92 Å². The van der Waals surface area contributed by atoms with Gasteiger partial charge in [-0.25, -0.2) is 9.97 Å². The average Bonchev–Trinajstić information content (AvgIpc) is 2.70. The molecule has 28 heavy (non-hydrogen) atoms. The van der Waals surface area contributed by atoms with Crippen molar-refractivity contribution < 1.29 is 14.2 Å². The molecule has 3 rings (SSSR count). The van der Waals surface area contributed by atoms with Crippen molar-refractivity contribution in [2.75, 3.05) is 0 Å². The van der Waals surface area contributed by atoms with Crippen LogP contribution in [0.1, 0.15) is 6.92 Å². The van der Waals surface area contributed by atoms with Gasteiger partial charge < -0.3 is 14.2 Å². The molecule has 0 bridgehead atoms. The van der Waals surface area contributed by atoms with Crippen LogP contribution in [0, 0.1) is 12.5 Å². The van der Waals surface area contributed by atoms with Gasteiger partial charge in [0.15, 0.2) is 0 Å². The summed E-state index contributed by atoms with van der Waals surface area (Å²) in [4.78, 5) is 12.2. The van der Waals surface area contributed by atoms with Crippen molar-refractivity contribution in [1.29, 1.82) is 0 Å². The Labute approximate surface area is 163 Å². The number of rotatable bonds is 6. The number of terminal acetylenes is 1. The van der Waals surface area contributed by atoms with Crippen LogP contribution in [0.3, 0.4) is 0 Å². The van der Waals surface area contributed by atoms with Crippen molar-refractivity contribution in [3.8, 4) is 41.5 Å². The minimum atomic E-state index is 0.267. The van der Waals surface area contributed by atoms with Crippen molar-refractivity contribution in [3.05, 3.63) is 79.1 Å². The molecule has 6 nitrogen and oxygen atoms in total. The topological polar surface area (TPSA) is 65.8 Å². The highest BCUT2D eigenvalue weighted by Gasteiger charge is 2.09. The number of aliphatic imine (C=N–C) groups is 1. The molecule has 0 N–H and O–H groups in total. The van der Waals surface area contributed by atoms with Crippen LogP contribution in [0.4, 0.5) is 0 Å². The Morgan fingerprint density at radius 1 is 0.929 bits per heavy atom. The zero-order chi connectivity index (χ0) is 19.6. The number of pyridine rings is 2. The first-order valence-electron chi connectivity index (χ1n) is 8.43. The fourth-order valence-electron chi connectivity index (χ4n) is 2.20. The predicted molar refractivity (Wildman–Crippen MR) is 107 cm³/mol. The minimum absolute atomic E-state index is 0.267. The Bertz CT molecular complexity index is 950. The standard InChI is InChI=1S/C22H17N3O3/c1-3-9-20(23-4-2)26-17-14-18(27-21-10-5-7-12-24-21)16-19(15-17)28-22-11-6-8-13-25-22/h2-3,5-16H,1H3/b9-3-,23-20?. The largest absolute Gasteiger partial charge is 0.439 e. The molecule has 1 aromatic carbocycles. The lowest BCUT2D eigenvalue weighted by Crippen LogP contribution is -2.05. The highest BCUT2D eigenvalue weighted by Crippen LogP contribution is 2.32. The smallest absolute Gasteiger partial charge is 0.227 e. The fourth-order valence-corrected chi connectivity index (χ4v) is 2.20. The van der Waals surface area contributed by atoms with Crippen LogP contribution in [-0.4, -0.2) is 15.9 Å². The van der Waals surface area contributed by atoms with Gasteiger partial charge in [0.05, 0.1) is 0 Å². The molecule has 0 fully saturated rings. The average molecular weight is 371 g/mol. The van der Waals surface area contributed by atoms with Crippen LogP contribution in [0.2, 0.25) is 0 Å². The summed E-state index contributed by atoms with van der Waals surface area (Å²) in [6.45, 7) is 1.84. The van der Waals surface area contributed by atoms with Gasteiger partial charge in [-0.15, -0.1) is 0 Å². The van der Waals surface area contributed by atoms with Gasteiger partial charge in [0, 0.05) is 48.8 Å². The number of nitrogens with zero attached hydrogens (tertiary/aromatic N) is 3. The maximum atomic E-state index is 5.81. The maximum Gasteiger partial charge on any atom is 0.227 e. The van der Waals surface area contributed by atoms with Gasteiger partial charge in [-0.05, 0) is 25.1 Å². The highest BCUT2D eigenvalue weighted by molar-refractivity contribution is 5.90. The molecule has 0 spiro atoms. The summed E-state index contributed by atoms with van der Waals surface area (Å²) in [6, 6.07) is 18.1. The van der Waals surface area contributed by atoms with Gasteiger partial charge in [0.1, 0.15) is 17.2 Å². The predicted octanol–water partition coefficient (Wildman–Crippen LogP) is 5.01. The Kier molecular flexibility index (Phi) is 6.37. The van der Waals surface area contributed by atoms with Crippen molar-refractivity contribution >= 4 is 5.90 Å². The molecule has 0 amide bonds. The summed E-state index contributed by atoms with van der Waals surface area (Å²) in [5.74, 6) is 2.53. The number of allylic oxidation sites excluding steroid dienone is 1. The molecule has 3 aromatic rings. The van der Waals surface area contributed by atoms with Crippen molar-refractivity contribution in [1.82, 2.24) is 9.97 Å². The molecule has 0 saturated heterocycles. The van der Waals surface area contributed by atoms with Crippen LogP contribution in [0.15, 0.2) is 84.1 Å². The lowest BCUT2D eigenvalue weighted by atomic mass is 10.3. The monoisotopic (exact) mass is 371 g/mol. The van der Waals surface area contributed by atoms with E-state index in [1.807, 2.05) is 31.2 Å². The Balaban J connectivity index is 1.93. The molecule has 0 atom stereocenters. The van der Waals surface area contributed by atoms with Crippen LogP contribution in [0.5, 0.6) is 29.0 Å². The zero-order valence-electron chi connectivity index (χ0n) is 15.1. The highest BCUT2D eigenvalue weighted by atomic mass is 16.5. The summed E-state index contributed by atoms with van der Waals surface area (Å²) in [5.41, 5.74) is 0. The van der Waals surface area contributed by atoms with E-state index in [0.717, 1.165) is 0 Å². The van der Waals surface area contributed by atoms with Gasteiger partial charge in [0.25, 0.3) is 0 Å². The normalized spacial score (nSPS) is 11.1. The van der Waals surface area contributed by atoms with E-state index in [-0.39, 0.29) is 5.90 Å². The third-order valence-electron chi connectivity index (χ3n) is 3.28. The number of aromatic nitrogens is 2. The molecule has 0 aliphatic rings. The lowest BCUT2D eigenvalue weighted by molar-refractivity contribution is 0.435. The molecular weight excluding hydrogens is 354 g/mol. The quantitative estimate of drug-likeness (QED) is 0.346. The number of hydrogen-bond donors (Lipinski definition) is 0. The Hall–Kier alpha value is -4.11. The second kappa shape index (κ2) is 9.55. The van der Waals surface area contributed by atoms with Crippen molar-refractivity contribution in [2.24, 2.45) is 4.99 Å². The summed E-state index contributed by atoms with van der Waals surface area (Å²) < 4.78 is 17.4. The molecule has 2 aromatic heterocycles. The first kappa shape index (κ1) is 18.7. The summed E-state index contributed by atoms with van der Waals surface area (Å²) in [7, 11) is 0. The van der Waals surface area contributed by atoms with Crippen LogP contribution in [-0.2, 0) is 0 Å². The van der Waals surface area contributed by atoms with E-state index in [1.54, 1.807) is 54.9 Å². The molecule has 0 unspecified atom stereocenters. The van der Waals surface area contributed by atoms with Crippen LogP contribution >= 0.6 is 0 Å². The third kappa shape index (κ3) is 5.44. The third-order valence-corrected chi connectivity index (χ3v) is 3.28. The van der Waals surface area contributed by atoms with E-state index in [2.05, 4.69) is 21.0 Å². The van der Waals surface area contributed by atoms with Gasteiger partial charge >= 0.3 is 0 Å². The molecule has 0 aliphatic heterocycles. The molecule has 6 heteroatoms. The van der Waals surface area contributed by atoms with Gasteiger partial charge in [0.2, 0.25) is 17.7 Å². The lowest BCUT2D eigenvalue weighted by Gasteiger charge is -2.11. The maximum absolute atomic E-state index is 5.81. The molecular formula is C22H17N3O3. The molecule has 0 radical (unpaired) electrons. The second-order valence-corrected chi connectivity index (χ2v) is 5.36. The Morgan fingerprint density at radius 2 is 1.50 bits per heavy atom. The van der Waals surface area contributed by atoms with E-state index in [9.17, 15) is 0 Å². The molecule has 2 heterocycles. The molecule has 0 saturated carbocycles. The van der Waals surface area contributed by atoms with Crippen LogP contribution in [0.25, 0.3) is 0 Å². The summed E-state index contributed by atoms with van der Waals surface area (Å²) in [6.07, 6.45) is 12.0. The number of hydrogen-bond acceptors (Lipinski definition) is 6. The van der Waals surface area contributed by atoms with Gasteiger partial charge in [-0.2, -0.15) is 4.99 Å². The van der Waals surface area contributed by atoms with Crippen molar-refractivity contribution in [3.63, 3.8) is 0 Å². The molecule has 0 aliphatic carbocycles. The SMILES string of the molecule is C#CN=C(/C=C\C)Oc1cc(Oc2ccccn2)cc(Oc2ccccn2)c1. The first-order chi connectivity index (χ1) is 13.8. The zero-order valence-corrected chi connectivity index (χ0v) is 15.1. The molecule has 138 valence electrons.